The van der Waals surface area contributed by atoms with Crippen molar-refractivity contribution in [3.63, 3.8) is 0 Å². The average Bonchev–Trinajstić information content (AvgIpc) is 3.19. The van der Waals surface area contributed by atoms with Gasteiger partial charge in [0, 0.05) is 23.6 Å². The SMILES string of the molecule is O[C@H](CNCCc1ccccc1)COc1ccc(-c2noc3cc(F)ccc23)cc1. The van der Waals surface area contributed by atoms with E-state index in [2.05, 4.69) is 22.6 Å². The van der Waals surface area contributed by atoms with E-state index in [1.165, 1.54) is 17.7 Å². The number of hydrogen-bond donors (Lipinski definition) is 2. The Morgan fingerprint density at radius 2 is 1.83 bits per heavy atom. The van der Waals surface area contributed by atoms with Crippen molar-refractivity contribution >= 4 is 11.0 Å². The molecule has 30 heavy (non-hydrogen) atoms. The maximum atomic E-state index is 13.3. The molecule has 0 aliphatic carbocycles. The summed E-state index contributed by atoms with van der Waals surface area (Å²) in [5.41, 5.74) is 3.17. The van der Waals surface area contributed by atoms with Crippen molar-refractivity contribution in [3.8, 4) is 17.0 Å². The lowest BCUT2D eigenvalue weighted by Gasteiger charge is -2.13. The highest BCUT2D eigenvalue weighted by Crippen LogP contribution is 2.29. The van der Waals surface area contributed by atoms with Gasteiger partial charge in [-0.2, -0.15) is 0 Å². The maximum absolute atomic E-state index is 13.3. The molecule has 1 atom stereocenters. The molecule has 0 aliphatic rings. The number of fused-ring (bicyclic) bond motifs is 1. The minimum absolute atomic E-state index is 0.198. The van der Waals surface area contributed by atoms with Crippen LogP contribution in [0.15, 0.2) is 77.3 Å². The minimum Gasteiger partial charge on any atom is -0.491 e. The van der Waals surface area contributed by atoms with Crippen LogP contribution in [0.5, 0.6) is 5.75 Å². The van der Waals surface area contributed by atoms with Gasteiger partial charge in [0.15, 0.2) is 5.58 Å². The zero-order chi connectivity index (χ0) is 20.8. The van der Waals surface area contributed by atoms with E-state index in [-0.39, 0.29) is 12.4 Å². The number of ether oxygens (including phenoxy) is 1. The Bertz CT molecular complexity index is 1080. The van der Waals surface area contributed by atoms with E-state index in [1.807, 2.05) is 42.5 Å². The molecule has 154 valence electrons. The van der Waals surface area contributed by atoms with Crippen LogP contribution in [0.25, 0.3) is 22.2 Å². The van der Waals surface area contributed by atoms with Gasteiger partial charge in [0.2, 0.25) is 0 Å². The van der Waals surface area contributed by atoms with Gasteiger partial charge in [-0.05, 0) is 54.9 Å². The van der Waals surface area contributed by atoms with E-state index in [9.17, 15) is 9.50 Å². The van der Waals surface area contributed by atoms with Crippen LogP contribution in [0.2, 0.25) is 0 Å². The molecule has 0 bridgehead atoms. The molecule has 0 amide bonds. The molecule has 6 heteroatoms. The van der Waals surface area contributed by atoms with Crippen LogP contribution in [-0.2, 0) is 6.42 Å². The highest BCUT2D eigenvalue weighted by Gasteiger charge is 2.11. The zero-order valence-corrected chi connectivity index (χ0v) is 16.4. The highest BCUT2D eigenvalue weighted by atomic mass is 19.1. The van der Waals surface area contributed by atoms with Crippen LogP contribution in [0.3, 0.4) is 0 Å². The third-order valence-corrected chi connectivity index (χ3v) is 4.82. The lowest BCUT2D eigenvalue weighted by molar-refractivity contribution is 0.106. The summed E-state index contributed by atoms with van der Waals surface area (Å²) in [5, 5.41) is 18.2. The largest absolute Gasteiger partial charge is 0.491 e. The number of hydrogen-bond acceptors (Lipinski definition) is 5. The summed E-state index contributed by atoms with van der Waals surface area (Å²) in [6, 6.07) is 21.9. The normalized spacial score (nSPS) is 12.2. The molecular weight excluding hydrogens is 383 g/mol. The summed E-state index contributed by atoms with van der Waals surface area (Å²) in [5.74, 6) is 0.294. The second-order valence-electron chi connectivity index (χ2n) is 7.10. The fourth-order valence-electron chi connectivity index (χ4n) is 3.23. The first kappa shape index (κ1) is 20.1. The number of aliphatic hydroxyl groups excluding tert-OH is 1. The molecule has 3 aromatic carbocycles. The Hall–Kier alpha value is -3.22. The molecule has 1 heterocycles. The van der Waals surface area contributed by atoms with Crippen molar-refractivity contribution in [2.24, 2.45) is 0 Å². The van der Waals surface area contributed by atoms with Gasteiger partial charge in [-0.3, -0.25) is 0 Å². The summed E-state index contributed by atoms with van der Waals surface area (Å²) in [6.45, 7) is 1.46. The summed E-state index contributed by atoms with van der Waals surface area (Å²) < 4.78 is 24.2. The van der Waals surface area contributed by atoms with Gasteiger partial charge in [-0.1, -0.05) is 35.5 Å². The number of nitrogens with zero attached hydrogens (tertiary/aromatic N) is 1. The highest BCUT2D eigenvalue weighted by molar-refractivity contribution is 5.91. The van der Waals surface area contributed by atoms with Gasteiger partial charge >= 0.3 is 0 Å². The molecule has 0 radical (unpaired) electrons. The Morgan fingerprint density at radius 3 is 2.63 bits per heavy atom. The fourth-order valence-corrected chi connectivity index (χ4v) is 3.23. The molecule has 0 saturated carbocycles. The van der Waals surface area contributed by atoms with Crippen LogP contribution in [0, 0.1) is 5.82 Å². The first-order valence-corrected chi connectivity index (χ1v) is 9.90. The molecule has 2 N–H and O–H groups in total. The van der Waals surface area contributed by atoms with Crippen LogP contribution in [0.1, 0.15) is 5.56 Å². The molecule has 0 saturated heterocycles. The Morgan fingerprint density at radius 1 is 1.03 bits per heavy atom. The van der Waals surface area contributed by atoms with Crippen LogP contribution in [-0.4, -0.2) is 36.1 Å². The molecule has 0 spiro atoms. The number of benzene rings is 3. The standard InChI is InChI=1S/C24H23FN2O3/c25-19-8-11-22-23(14-19)30-27-24(22)18-6-9-21(10-7-18)29-16-20(28)15-26-13-12-17-4-2-1-3-5-17/h1-11,14,20,26,28H,12-13,15-16H2/t20-/m1/s1. The number of halogens is 1. The Labute approximate surface area is 174 Å². The van der Waals surface area contributed by atoms with Crippen molar-refractivity contribution < 1.29 is 18.8 Å². The van der Waals surface area contributed by atoms with Crippen LogP contribution >= 0.6 is 0 Å². The first-order valence-electron chi connectivity index (χ1n) is 9.90. The van der Waals surface area contributed by atoms with Gasteiger partial charge < -0.3 is 19.7 Å². The summed E-state index contributed by atoms with van der Waals surface area (Å²) in [6.07, 6.45) is 0.314. The molecule has 4 rings (SSSR count). The van der Waals surface area contributed by atoms with Gasteiger partial charge in [0.1, 0.15) is 30.0 Å². The topological polar surface area (TPSA) is 67.5 Å². The lowest BCUT2D eigenvalue weighted by Crippen LogP contribution is -2.32. The van der Waals surface area contributed by atoms with E-state index in [1.54, 1.807) is 6.07 Å². The first-order chi connectivity index (χ1) is 14.7. The van der Waals surface area contributed by atoms with E-state index in [0.29, 0.717) is 23.6 Å². The zero-order valence-electron chi connectivity index (χ0n) is 16.4. The summed E-state index contributed by atoms with van der Waals surface area (Å²) in [7, 11) is 0. The van der Waals surface area contributed by atoms with E-state index in [4.69, 9.17) is 9.26 Å². The third-order valence-electron chi connectivity index (χ3n) is 4.82. The molecule has 0 aliphatic heterocycles. The van der Waals surface area contributed by atoms with Crippen molar-refractivity contribution in [1.82, 2.24) is 10.5 Å². The number of aromatic nitrogens is 1. The molecule has 0 fully saturated rings. The monoisotopic (exact) mass is 406 g/mol. The summed E-state index contributed by atoms with van der Waals surface area (Å²) >= 11 is 0. The molecule has 1 aromatic heterocycles. The maximum Gasteiger partial charge on any atom is 0.170 e. The van der Waals surface area contributed by atoms with Crippen molar-refractivity contribution in [2.45, 2.75) is 12.5 Å². The lowest BCUT2D eigenvalue weighted by atomic mass is 10.1. The van der Waals surface area contributed by atoms with Crippen molar-refractivity contribution in [3.05, 3.63) is 84.2 Å². The average molecular weight is 406 g/mol. The van der Waals surface area contributed by atoms with Gasteiger partial charge in [-0.15, -0.1) is 0 Å². The van der Waals surface area contributed by atoms with E-state index >= 15 is 0 Å². The Kier molecular flexibility index (Phi) is 6.37. The van der Waals surface area contributed by atoms with Gasteiger partial charge in [-0.25, -0.2) is 4.39 Å². The number of rotatable bonds is 9. The molecular formula is C24H23FN2O3. The second kappa shape index (κ2) is 9.52. The van der Waals surface area contributed by atoms with Crippen LogP contribution < -0.4 is 10.1 Å². The number of nitrogens with one attached hydrogen (secondary N) is 1. The molecule has 4 aromatic rings. The van der Waals surface area contributed by atoms with Gasteiger partial charge in [0.25, 0.3) is 0 Å². The van der Waals surface area contributed by atoms with E-state index in [0.717, 1.165) is 23.9 Å². The van der Waals surface area contributed by atoms with Crippen molar-refractivity contribution in [1.29, 1.82) is 0 Å². The molecule has 5 nitrogen and oxygen atoms in total. The predicted molar refractivity (Wildman–Crippen MR) is 114 cm³/mol. The minimum atomic E-state index is -0.602. The number of aliphatic hydroxyl groups is 1. The predicted octanol–water partition coefficient (Wildman–Crippen LogP) is 4.21. The fraction of sp³-hybridized carbons (Fsp3) is 0.208. The Balaban J connectivity index is 1.25. The van der Waals surface area contributed by atoms with Crippen molar-refractivity contribution in [2.75, 3.05) is 19.7 Å². The van der Waals surface area contributed by atoms with Crippen LogP contribution in [0.4, 0.5) is 4.39 Å². The smallest absolute Gasteiger partial charge is 0.170 e. The molecule has 0 unspecified atom stereocenters. The van der Waals surface area contributed by atoms with E-state index < -0.39 is 6.10 Å². The second-order valence-corrected chi connectivity index (χ2v) is 7.10. The third kappa shape index (κ3) is 5.03. The quantitative estimate of drug-likeness (QED) is 0.408. The summed E-state index contributed by atoms with van der Waals surface area (Å²) in [4.78, 5) is 0. The van der Waals surface area contributed by atoms with Gasteiger partial charge in [0.05, 0.1) is 0 Å².